The molecule has 0 radical (unpaired) electrons. The van der Waals surface area contributed by atoms with Crippen molar-refractivity contribution in [2.45, 2.75) is 0 Å². The minimum Gasteiger partial charge on any atom is -0.753 e. The molecule has 0 fully saturated rings. The van der Waals surface area contributed by atoms with Gasteiger partial charge in [-0.25, -0.2) is 0 Å². The molecule has 0 heterocycles. The predicted molar refractivity (Wildman–Crippen MR) is 88.7 cm³/mol. The minimum absolute atomic E-state index is 0. The zero-order valence-electron chi connectivity index (χ0n) is 10.8. The number of rotatable bonds is 6. The van der Waals surface area contributed by atoms with E-state index in [0.717, 1.165) is 0 Å². The van der Waals surface area contributed by atoms with Gasteiger partial charge < -0.3 is 12.0 Å². The van der Waals surface area contributed by atoms with Crippen LogP contribution in [0.3, 0.4) is 0 Å². The Labute approximate surface area is 139 Å². The van der Waals surface area contributed by atoms with Crippen molar-refractivity contribution in [2.24, 2.45) is 20.0 Å². The van der Waals surface area contributed by atoms with E-state index in [9.17, 15) is 0 Å². The first-order valence-electron chi connectivity index (χ1n) is 4.53. The van der Waals surface area contributed by atoms with E-state index in [1.165, 1.54) is 11.2 Å². The quantitative estimate of drug-likeness (QED) is 0.297. The smallest absolute Gasteiger partial charge is 0.753 e. The first-order valence-corrected chi connectivity index (χ1v) is 4.94. The Morgan fingerprint density at radius 1 is 1.21 bits per heavy atom. The first kappa shape index (κ1) is 30.9. The summed E-state index contributed by atoms with van der Waals surface area (Å²) in [6.07, 6.45) is 4.90. The third kappa shape index (κ3) is 77.1. The number of aliphatic imine (C=N–C) groups is 4. The van der Waals surface area contributed by atoms with Gasteiger partial charge in [0.25, 0.3) is 0 Å². The molecule has 0 rings (SSSR count). The molecule has 0 aromatic carbocycles. The SMILES string of the molecule is C=NCC=NCC=NC.Cl.[CH-]=CCN=C.[N-]=C=S.[Ru+2]. The fraction of sp³-hybridized carbons (Fsp3) is 0.364. The summed E-state index contributed by atoms with van der Waals surface area (Å²) in [5.74, 6) is 0. The molecule has 0 spiro atoms. The van der Waals surface area contributed by atoms with E-state index in [-0.39, 0.29) is 31.9 Å². The van der Waals surface area contributed by atoms with E-state index >= 15 is 0 Å². The van der Waals surface area contributed by atoms with Gasteiger partial charge in [0, 0.05) is 26.0 Å². The van der Waals surface area contributed by atoms with Gasteiger partial charge in [0.2, 0.25) is 0 Å². The normalized spacial score (nSPS) is 7.42. The third-order valence-corrected chi connectivity index (χ3v) is 0.944. The Bertz CT molecular complexity index is 270. The summed E-state index contributed by atoms with van der Waals surface area (Å²) in [7, 11) is 1.72. The average Bonchev–Trinajstić information content (AvgIpc) is 2.32. The molecular formula is C11H18ClN5RuS. The van der Waals surface area contributed by atoms with Crippen LogP contribution in [0, 0.1) is 6.58 Å². The Morgan fingerprint density at radius 3 is 1.95 bits per heavy atom. The van der Waals surface area contributed by atoms with Crippen LogP contribution in [-0.2, 0) is 19.5 Å². The molecule has 108 valence electrons. The Morgan fingerprint density at radius 2 is 1.68 bits per heavy atom. The van der Waals surface area contributed by atoms with Crippen molar-refractivity contribution >= 4 is 55.7 Å². The maximum Gasteiger partial charge on any atom is 2.00 e. The molecule has 5 nitrogen and oxygen atoms in total. The van der Waals surface area contributed by atoms with Gasteiger partial charge >= 0.3 is 19.5 Å². The van der Waals surface area contributed by atoms with Crippen molar-refractivity contribution in [3.05, 3.63) is 18.1 Å². The molecule has 19 heavy (non-hydrogen) atoms. The van der Waals surface area contributed by atoms with Gasteiger partial charge in [0.1, 0.15) is 0 Å². The summed E-state index contributed by atoms with van der Waals surface area (Å²) in [5.41, 5.74) is 0. The van der Waals surface area contributed by atoms with Crippen molar-refractivity contribution in [3.63, 3.8) is 0 Å². The fourth-order valence-corrected chi connectivity index (χ4v) is 0.393. The van der Waals surface area contributed by atoms with Crippen molar-refractivity contribution in [3.8, 4) is 0 Å². The summed E-state index contributed by atoms with van der Waals surface area (Å²) >= 11 is 3.70. The summed E-state index contributed by atoms with van der Waals surface area (Å²) in [6, 6.07) is 0. The van der Waals surface area contributed by atoms with E-state index in [0.29, 0.717) is 19.6 Å². The van der Waals surface area contributed by atoms with Crippen LogP contribution in [0.25, 0.3) is 5.41 Å². The molecule has 0 aromatic rings. The maximum atomic E-state index is 7.13. The number of hydrogen-bond donors (Lipinski definition) is 0. The molecule has 0 aliphatic heterocycles. The molecule has 0 aliphatic rings. The molecule has 0 unspecified atom stereocenters. The van der Waals surface area contributed by atoms with Gasteiger partial charge in [-0.2, -0.15) is 5.16 Å². The zero-order chi connectivity index (χ0) is 13.8. The number of hydrogen-bond acceptors (Lipinski definition) is 5. The van der Waals surface area contributed by atoms with E-state index in [4.69, 9.17) is 12.0 Å². The molecule has 0 atom stereocenters. The second-order valence-electron chi connectivity index (χ2n) is 2.13. The van der Waals surface area contributed by atoms with Gasteiger partial charge in [-0.1, -0.05) is 12.2 Å². The Kier molecular flexibility index (Phi) is 70.5. The summed E-state index contributed by atoms with van der Waals surface area (Å²) in [5, 5.41) is 8.47. The predicted octanol–water partition coefficient (Wildman–Crippen LogP) is 2.21. The Balaban J connectivity index is -0.0000000565. The number of thiocarbonyl (C=S) groups is 1. The van der Waals surface area contributed by atoms with E-state index in [1.54, 1.807) is 19.5 Å². The fourth-order valence-electron chi connectivity index (χ4n) is 0.393. The number of nitrogens with zero attached hydrogens (tertiary/aromatic N) is 5. The van der Waals surface area contributed by atoms with E-state index < -0.39 is 0 Å². The topological polar surface area (TPSA) is 71.7 Å². The van der Waals surface area contributed by atoms with Crippen molar-refractivity contribution in [1.82, 2.24) is 0 Å². The first-order chi connectivity index (χ1) is 8.24. The van der Waals surface area contributed by atoms with Gasteiger partial charge in [-0.3, -0.25) is 26.0 Å². The van der Waals surface area contributed by atoms with Crippen molar-refractivity contribution in [2.75, 3.05) is 26.7 Å². The van der Waals surface area contributed by atoms with Gasteiger partial charge in [0.05, 0.1) is 13.1 Å². The standard InChI is InChI=1S/C6H11N3.C4H6N.CNS.ClH.Ru/c1-7-3-5-9-6-4-8-2;1-3-4-5-2;2-1-3;;/h4-5H,1,3,6H2,2H3;1,3H,2,4H2;;1H;/q;2*-1;;+2. The van der Waals surface area contributed by atoms with Crippen LogP contribution in [0.2, 0.25) is 0 Å². The number of isothiocyanates is 1. The monoisotopic (exact) mass is 389 g/mol. The van der Waals surface area contributed by atoms with Crippen molar-refractivity contribution in [1.29, 1.82) is 0 Å². The van der Waals surface area contributed by atoms with Crippen LogP contribution in [0.5, 0.6) is 0 Å². The van der Waals surface area contributed by atoms with Crippen LogP contribution < -0.4 is 0 Å². The Hall–Kier alpha value is -0.867. The average molecular weight is 389 g/mol. The minimum atomic E-state index is 0. The summed E-state index contributed by atoms with van der Waals surface area (Å²) < 4.78 is 0. The molecule has 8 heteroatoms. The summed E-state index contributed by atoms with van der Waals surface area (Å²) in [6.45, 7) is 13.2. The van der Waals surface area contributed by atoms with E-state index in [1.807, 2.05) is 0 Å². The molecule has 0 aliphatic carbocycles. The maximum absolute atomic E-state index is 7.13. The largest absolute Gasteiger partial charge is 2.00 e. The second kappa shape index (κ2) is 43.4. The zero-order valence-corrected chi connectivity index (χ0v) is 14.1. The van der Waals surface area contributed by atoms with Crippen LogP contribution in [-0.4, -0.2) is 57.7 Å². The molecule has 0 saturated carbocycles. The van der Waals surface area contributed by atoms with Gasteiger partial charge in [-0.15, -0.1) is 12.4 Å². The molecule has 0 bridgehead atoms. The van der Waals surface area contributed by atoms with Crippen LogP contribution in [0.1, 0.15) is 0 Å². The number of halogens is 1. The van der Waals surface area contributed by atoms with Crippen LogP contribution in [0.4, 0.5) is 0 Å². The molecule has 0 amide bonds. The molecule has 0 aromatic heterocycles. The van der Waals surface area contributed by atoms with Gasteiger partial charge in [-0.05, 0) is 13.4 Å². The van der Waals surface area contributed by atoms with Gasteiger partial charge in [0.15, 0.2) is 0 Å². The third-order valence-electron chi connectivity index (χ3n) is 0.944. The summed E-state index contributed by atoms with van der Waals surface area (Å²) in [4.78, 5) is 14.7. The molecular weight excluding hydrogens is 371 g/mol. The van der Waals surface area contributed by atoms with Crippen molar-refractivity contribution < 1.29 is 19.5 Å². The van der Waals surface area contributed by atoms with Crippen LogP contribution >= 0.6 is 24.6 Å². The molecule has 0 saturated heterocycles. The molecule has 0 N–H and O–H groups in total. The van der Waals surface area contributed by atoms with Crippen LogP contribution in [0.15, 0.2) is 26.0 Å². The van der Waals surface area contributed by atoms with E-state index in [2.05, 4.69) is 45.6 Å². The second-order valence-corrected chi connectivity index (χ2v) is 2.31.